The number of carbonyl (C=O) groups is 1. The lowest BCUT2D eigenvalue weighted by atomic mass is 10.1. The van der Waals surface area contributed by atoms with E-state index >= 15 is 0 Å². The SMILES string of the molecule is O=C(CC1CCS(=O)(=O)C1)NCc1ccc(Br)cc1Cl. The third-order valence-corrected chi connectivity index (χ3v) is 5.97. The van der Waals surface area contributed by atoms with Gasteiger partial charge < -0.3 is 5.32 Å². The van der Waals surface area contributed by atoms with Gasteiger partial charge in [0.05, 0.1) is 11.5 Å². The second kappa shape index (κ2) is 6.45. The van der Waals surface area contributed by atoms with Crippen molar-refractivity contribution in [2.45, 2.75) is 19.4 Å². The van der Waals surface area contributed by atoms with Gasteiger partial charge in [0.1, 0.15) is 0 Å². The zero-order chi connectivity index (χ0) is 14.8. The number of halogens is 2. The summed E-state index contributed by atoms with van der Waals surface area (Å²) in [4.78, 5) is 11.8. The minimum absolute atomic E-state index is 0.0552. The van der Waals surface area contributed by atoms with E-state index in [4.69, 9.17) is 11.6 Å². The van der Waals surface area contributed by atoms with E-state index in [9.17, 15) is 13.2 Å². The predicted molar refractivity (Wildman–Crippen MR) is 82.4 cm³/mol. The maximum Gasteiger partial charge on any atom is 0.220 e. The standard InChI is InChI=1S/C13H15BrClNO3S/c14-11-2-1-10(12(15)6-11)7-16-13(17)5-9-3-4-20(18,19)8-9/h1-2,6,9H,3-5,7-8H2,(H,16,17). The minimum atomic E-state index is -2.93. The summed E-state index contributed by atoms with van der Waals surface area (Å²) in [6.45, 7) is 0.352. The van der Waals surface area contributed by atoms with Crippen LogP contribution in [-0.2, 0) is 21.2 Å². The third-order valence-electron chi connectivity index (χ3n) is 3.29. The topological polar surface area (TPSA) is 63.2 Å². The van der Waals surface area contributed by atoms with Crippen LogP contribution < -0.4 is 5.32 Å². The molecule has 110 valence electrons. The number of nitrogens with one attached hydrogen (secondary N) is 1. The summed E-state index contributed by atoms with van der Waals surface area (Å²) >= 11 is 9.38. The van der Waals surface area contributed by atoms with Gasteiger partial charge in [-0.1, -0.05) is 33.6 Å². The van der Waals surface area contributed by atoms with Gasteiger partial charge in [0, 0.05) is 22.5 Å². The van der Waals surface area contributed by atoms with Gasteiger partial charge in [-0.15, -0.1) is 0 Å². The minimum Gasteiger partial charge on any atom is -0.352 e. The van der Waals surface area contributed by atoms with Crippen LogP contribution in [0.3, 0.4) is 0 Å². The molecule has 0 aliphatic carbocycles. The number of hydrogen-bond donors (Lipinski definition) is 1. The average molecular weight is 381 g/mol. The van der Waals surface area contributed by atoms with Gasteiger partial charge in [0.25, 0.3) is 0 Å². The molecule has 1 aliphatic rings. The summed E-state index contributed by atoms with van der Waals surface area (Å²) in [6.07, 6.45) is 0.835. The Kier molecular flexibility index (Phi) is 5.09. The van der Waals surface area contributed by atoms with Crippen molar-refractivity contribution in [1.82, 2.24) is 5.32 Å². The molecule has 1 amide bonds. The largest absolute Gasteiger partial charge is 0.352 e. The first-order valence-electron chi connectivity index (χ1n) is 6.27. The Morgan fingerprint density at radius 1 is 1.45 bits per heavy atom. The zero-order valence-electron chi connectivity index (χ0n) is 10.7. The molecule has 1 aromatic rings. The molecule has 1 saturated heterocycles. The maximum absolute atomic E-state index is 11.8. The molecule has 0 aromatic heterocycles. The fraction of sp³-hybridized carbons (Fsp3) is 0.462. The molecule has 0 radical (unpaired) electrons. The van der Waals surface area contributed by atoms with Crippen LogP contribution in [0.4, 0.5) is 0 Å². The first kappa shape index (κ1) is 15.8. The second-order valence-electron chi connectivity index (χ2n) is 4.99. The lowest BCUT2D eigenvalue weighted by molar-refractivity contribution is -0.122. The van der Waals surface area contributed by atoms with Crippen LogP contribution in [0.5, 0.6) is 0 Å². The molecule has 1 N–H and O–H groups in total. The van der Waals surface area contributed by atoms with Crippen molar-refractivity contribution in [3.05, 3.63) is 33.3 Å². The van der Waals surface area contributed by atoms with Crippen LogP contribution >= 0.6 is 27.5 Å². The molecule has 4 nitrogen and oxygen atoms in total. The van der Waals surface area contributed by atoms with Crippen LogP contribution in [0, 0.1) is 5.92 Å². The van der Waals surface area contributed by atoms with Crippen LogP contribution in [-0.4, -0.2) is 25.8 Å². The van der Waals surface area contributed by atoms with Crippen LogP contribution in [0.25, 0.3) is 0 Å². The van der Waals surface area contributed by atoms with E-state index < -0.39 is 9.84 Å². The molecule has 1 unspecified atom stereocenters. The molecule has 1 atom stereocenters. The third kappa shape index (κ3) is 4.46. The molecule has 20 heavy (non-hydrogen) atoms. The number of amides is 1. The average Bonchev–Trinajstić information content (AvgIpc) is 2.67. The van der Waals surface area contributed by atoms with Gasteiger partial charge >= 0.3 is 0 Å². The summed E-state index contributed by atoms with van der Waals surface area (Å²) in [7, 11) is -2.93. The van der Waals surface area contributed by atoms with E-state index in [0.717, 1.165) is 10.0 Å². The Morgan fingerprint density at radius 2 is 2.20 bits per heavy atom. The monoisotopic (exact) mass is 379 g/mol. The Labute approximate surface area is 131 Å². The fourth-order valence-electron chi connectivity index (χ4n) is 2.23. The van der Waals surface area contributed by atoms with Gasteiger partial charge in [-0.3, -0.25) is 4.79 Å². The quantitative estimate of drug-likeness (QED) is 0.873. The molecular weight excluding hydrogens is 366 g/mol. The van der Waals surface area contributed by atoms with Crippen LogP contribution in [0.1, 0.15) is 18.4 Å². The highest BCUT2D eigenvalue weighted by atomic mass is 79.9. The van der Waals surface area contributed by atoms with Crippen molar-refractivity contribution >= 4 is 43.3 Å². The molecule has 0 bridgehead atoms. The van der Waals surface area contributed by atoms with Crippen LogP contribution in [0.15, 0.2) is 22.7 Å². The van der Waals surface area contributed by atoms with E-state index in [-0.39, 0.29) is 29.8 Å². The van der Waals surface area contributed by atoms with Crippen molar-refractivity contribution in [2.75, 3.05) is 11.5 Å². The molecule has 7 heteroatoms. The molecule has 1 aromatic carbocycles. The Balaban J connectivity index is 1.84. The Hall–Kier alpha value is -0.590. The number of hydrogen-bond acceptors (Lipinski definition) is 3. The van der Waals surface area contributed by atoms with Gasteiger partial charge in [0.2, 0.25) is 5.91 Å². The molecule has 0 spiro atoms. The number of carbonyl (C=O) groups excluding carboxylic acids is 1. The van der Waals surface area contributed by atoms with E-state index in [1.54, 1.807) is 6.07 Å². The predicted octanol–water partition coefficient (Wildman–Crippen LogP) is 2.54. The first-order valence-corrected chi connectivity index (χ1v) is 9.26. The highest BCUT2D eigenvalue weighted by molar-refractivity contribution is 9.10. The molecular formula is C13H15BrClNO3S. The van der Waals surface area contributed by atoms with Gasteiger partial charge in [-0.05, 0) is 30.0 Å². The summed E-state index contributed by atoms with van der Waals surface area (Å²) in [6, 6.07) is 5.47. The maximum atomic E-state index is 11.8. The molecule has 1 fully saturated rings. The summed E-state index contributed by atoms with van der Waals surface area (Å²) in [5, 5.41) is 3.37. The van der Waals surface area contributed by atoms with Crippen molar-refractivity contribution in [3.63, 3.8) is 0 Å². The van der Waals surface area contributed by atoms with Crippen LogP contribution in [0.2, 0.25) is 5.02 Å². The summed E-state index contributed by atoms with van der Waals surface area (Å²) in [5.41, 5.74) is 0.835. The smallest absolute Gasteiger partial charge is 0.220 e. The number of rotatable bonds is 4. The van der Waals surface area contributed by atoms with Gasteiger partial charge in [0.15, 0.2) is 9.84 Å². The molecule has 2 rings (SSSR count). The van der Waals surface area contributed by atoms with Gasteiger partial charge in [-0.25, -0.2) is 8.42 Å². The normalized spacial score (nSPS) is 20.8. The van der Waals surface area contributed by atoms with E-state index in [0.29, 0.717) is 18.0 Å². The van der Waals surface area contributed by atoms with Crippen molar-refractivity contribution in [1.29, 1.82) is 0 Å². The molecule has 1 aliphatic heterocycles. The van der Waals surface area contributed by atoms with E-state index in [1.165, 1.54) is 0 Å². The Morgan fingerprint density at radius 3 is 2.80 bits per heavy atom. The highest BCUT2D eigenvalue weighted by Crippen LogP contribution is 2.23. The molecule has 1 heterocycles. The lowest BCUT2D eigenvalue weighted by Crippen LogP contribution is -2.25. The summed E-state index contributed by atoms with van der Waals surface area (Å²) in [5.74, 6) is 0.134. The Bertz CT molecular complexity index is 618. The van der Waals surface area contributed by atoms with Gasteiger partial charge in [-0.2, -0.15) is 0 Å². The number of sulfone groups is 1. The van der Waals surface area contributed by atoms with E-state index in [1.807, 2.05) is 12.1 Å². The fourth-order valence-corrected chi connectivity index (χ4v) is 4.83. The van der Waals surface area contributed by atoms with Crippen molar-refractivity contribution in [3.8, 4) is 0 Å². The van der Waals surface area contributed by atoms with Crippen molar-refractivity contribution in [2.24, 2.45) is 5.92 Å². The highest BCUT2D eigenvalue weighted by Gasteiger charge is 2.29. The summed E-state index contributed by atoms with van der Waals surface area (Å²) < 4.78 is 23.5. The second-order valence-corrected chi connectivity index (χ2v) is 8.54. The zero-order valence-corrected chi connectivity index (χ0v) is 13.9. The number of benzene rings is 1. The molecule has 0 saturated carbocycles. The first-order chi connectivity index (χ1) is 9.35. The lowest BCUT2D eigenvalue weighted by Gasteiger charge is -2.10. The van der Waals surface area contributed by atoms with Crippen molar-refractivity contribution < 1.29 is 13.2 Å². The van der Waals surface area contributed by atoms with E-state index in [2.05, 4.69) is 21.2 Å².